The van der Waals surface area contributed by atoms with Crippen molar-refractivity contribution in [3.05, 3.63) is 47.0 Å². The Hall–Kier alpha value is -2.31. The SMILES string of the molecule is CCCc1nc(C(=O)NC(C)c2ccc(F)cc2F)n[nH]1. The molecule has 0 spiro atoms. The lowest BCUT2D eigenvalue weighted by atomic mass is 10.1. The lowest BCUT2D eigenvalue weighted by Crippen LogP contribution is -2.28. The molecule has 1 unspecified atom stereocenters. The van der Waals surface area contributed by atoms with Crippen molar-refractivity contribution in [2.24, 2.45) is 0 Å². The molecule has 2 rings (SSSR count). The third-order valence-corrected chi connectivity index (χ3v) is 3.00. The number of aryl methyl sites for hydroxylation is 1. The van der Waals surface area contributed by atoms with Crippen LogP contribution in [0.1, 0.15) is 48.3 Å². The van der Waals surface area contributed by atoms with Gasteiger partial charge in [0.1, 0.15) is 17.5 Å². The topological polar surface area (TPSA) is 70.7 Å². The van der Waals surface area contributed by atoms with Crippen molar-refractivity contribution in [1.29, 1.82) is 0 Å². The summed E-state index contributed by atoms with van der Waals surface area (Å²) in [6, 6.07) is 2.61. The maximum absolute atomic E-state index is 13.6. The Labute approximate surface area is 120 Å². The Morgan fingerprint density at radius 3 is 2.86 bits per heavy atom. The molecule has 1 aromatic heterocycles. The molecule has 0 radical (unpaired) electrons. The number of nitrogens with one attached hydrogen (secondary N) is 2. The van der Waals surface area contributed by atoms with Crippen molar-refractivity contribution in [3.8, 4) is 0 Å². The molecule has 2 N–H and O–H groups in total. The second kappa shape index (κ2) is 6.43. The van der Waals surface area contributed by atoms with Crippen LogP contribution in [0.5, 0.6) is 0 Å². The van der Waals surface area contributed by atoms with Gasteiger partial charge in [-0.25, -0.2) is 13.8 Å². The first-order valence-corrected chi connectivity index (χ1v) is 6.68. The fourth-order valence-electron chi connectivity index (χ4n) is 1.94. The van der Waals surface area contributed by atoms with Gasteiger partial charge in [0, 0.05) is 18.1 Å². The van der Waals surface area contributed by atoms with Crippen molar-refractivity contribution in [2.45, 2.75) is 32.7 Å². The van der Waals surface area contributed by atoms with Crippen LogP contribution in [0.4, 0.5) is 8.78 Å². The number of H-pyrrole nitrogens is 1. The van der Waals surface area contributed by atoms with E-state index in [2.05, 4.69) is 20.5 Å². The standard InChI is InChI=1S/C14H16F2N4O/c1-3-4-12-18-13(20-19-12)14(21)17-8(2)10-6-5-9(15)7-11(10)16/h5-8H,3-4H2,1-2H3,(H,17,21)(H,18,19,20). The quantitative estimate of drug-likeness (QED) is 0.890. The molecule has 112 valence electrons. The van der Waals surface area contributed by atoms with Gasteiger partial charge in [0.05, 0.1) is 6.04 Å². The number of aromatic amines is 1. The fraction of sp³-hybridized carbons (Fsp3) is 0.357. The number of hydrogen-bond donors (Lipinski definition) is 2. The number of rotatable bonds is 5. The molecule has 1 aromatic carbocycles. The Balaban J connectivity index is 2.07. The number of nitrogens with zero attached hydrogens (tertiary/aromatic N) is 2. The number of halogens is 2. The van der Waals surface area contributed by atoms with E-state index in [0.717, 1.165) is 18.6 Å². The van der Waals surface area contributed by atoms with Gasteiger partial charge >= 0.3 is 0 Å². The molecule has 1 amide bonds. The minimum absolute atomic E-state index is 0.00724. The van der Waals surface area contributed by atoms with Crippen molar-refractivity contribution in [1.82, 2.24) is 20.5 Å². The first-order valence-electron chi connectivity index (χ1n) is 6.68. The molecule has 0 saturated carbocycles. The normalized spacial score (nSPS) is 12.2. The average Bonchev–Trinajstić information content (AvgIpc) is 2.87. The largest absolute Gasteiger partial charge is 0.343 e. The van der Waals surface area contributed by atoms with E-state index in [0.29, 0.717) is 12.2 Å². The molecule has 21 heavy (non-hydrogen) atoms. The highest BCUT2D eigenvalue weighted by Crippen LogP contribution is 2.17. The first-order chi connectivity index (χ1) is 10.0. The molecule has 0 aliphatic heterocycles. The van der Waals surface area contributed by atoms with Crippen LogP contribution in [0.15, 0.2) is 18.2 Å². The number of benzene rings is 1. The Morgan fingerprint density at radius 1 is 1.43 bits per heavy atom. The molecule has 0 aliphatic carbocycles. The molecule has 7 heteroatoms. The summed E-state index contributed by atoms with van der Waals surface area (Å²) in [6.07, 6.45) is 1.58. The average molecular weight is 294 g/mol. The van der Waals surface area contributed by atoms with Crippen LogP contribution in [0, 0.1) is 11.6 Å². The van der Waals surface area contributed by atoms with Crippen LogP contribution in [0.2, 0.25) is 0 Å². The monoisotopic (exact) mass is 294 g/mol. The van der Waals surface area contributed by atoms with Gasteiger partial charge in [-0.1, -0.05) is 13.0 Å². The fourth-order valence-corrected chi connectivity index (χ4v) is 1.94. The van der Waals surface area contributed by atoms with Crippen LogP contribution in [-0.4, -0.2) is 21.1 Å². The van der Waals surface area contributed by atoms with Gasteiger partial charge in [0.25, 0.3) is 5.91 Å². The molecule has 0 saturated heterocycles. The van der Waals surface area contributed by atoms with Gasteiger partial charge in [0.2, 0.25) is 5.82 Å². The van der Waals surface area contributed by atoms with Crippen LogP contribution in [0.25, 0.3) is 0 Å². The van der Waals surface area contributed by atoms with E-state index in [4.69, 9.17) is 0 Å². The Bertz CT molecular complexity index is 642. The highest BCUT2D eigenvalue weighted by molar-refractivity contribution is 5.90. The predicted octanol–water partition coefficient (Wildman–Crippen LogP) is 2.53. The Morgan fingerprint density at radius 2 is 2.19 bits per heavy atom. The van der Waals surface area contributed by atoms with Crippen LogP contribution in [-0.2, 0) is 6.42 Å². The van der Waals surface area contributed by atoms with Crippen LogP contribution >= 0.6 is 0 Å². The van der Waals surface area contributed by atoms with Gasteiger partial charge in [-0.05, 0) is 19.4 Å². The molecule has 0 aliphatic rings. The summed E-state index contributed by atoms with van der Waals surface area (Å²) < 4.78 is 26.5. The minimum atomic E-state index is -0.704. The molecule has 2 aromatic rings. The zero-order valence-electron chi connectivity index (χ0n) is 11.8. The summed E-state index contributed by atoms with van der Waals surface area (Å²) in [4.78, 5) is 16.0. The third-order valence-electron chi connectivity index (χ3n) is 3.00. The van der Waals surface area contributed by atoms with Crippen LogP contribution in [0.3, 0.4) is 0 Å². The van der Waals surface area contributed by atoms with E-state index in [1.807, 2.05) is 6.92 Å². The molecular formula is C14H16F2N4O. The number of carbonyl (C=O) groups is 1. The smallest absolute Gasteiger partial charge is 0.291 e. The van der Waals surface area contributed by atoms with Gasteiger partial charge < -0.3 is 5.32 Å². The zero-order chi connectivity index (χ0) is 15.4. The van der Waals surface area contributed by atoms with Gasteiger partial charge in [-0.3, -0.25) is 9.89 Å². The second-order valence-corrected chi connectivity index (χ2v) is 4.72. The van der Waals surface area contributed by atoms with E-state index in [1.165, 1.54) is 6.07 Å². The van der Waals surface area contributed by atoms with Gasteiger partial charge in [-0.15, -0.1) is 5.10 Å². The maximum atomic E-state index is 13.6. The highest BCUT2D eigenvalue weighted by Gasteiger charge is 2.18. The summed E-state index contributed by atoms with van der Waals surface area (Å²) in [5.74, 6) is -1.24. The first kappa shape index (κ1) is 15.1. The molecule has 5 nitrogen and oxygen atoms in total. The minimum Gasteiger partial charge on any atom is -0.343 e. The molecule has 0 bridgehead atoms. The van der Waals surface area contributed by atoms with E-state index in [9.17, 15) is 13.6 Å². The number of hydrogen-bond acceptors (Lipinski definition) is 3. The Kier molecular flexibility index (Phi) is 4.62. The maximum Gasteiger partial charge on any atom is 0.291 e. The van der Waals surface area contributed by atoms with E-state index in [-0.39, 0.29) is 11.4 Å². The molecule has 0 fully saturated rings. The summed E-state index contributed by atoms with van der Waals surface area (Å²) in [5, 5.41) is 9.07. The lowest BCUT2D eigenvalue weighted by Gasteiger charge is -2.13. The summed E-state index contributed by atoms with van der Waals surface area (Å²) in [6.45, 7) is 3.59. The van der Waals surface area contributed by atoms with Crippen molar-refractivity contribution >= 4 is 5.91 Å². The van der Waals surface area contributed by atoms with Gasteiger partial charge in [0.15, 0.2) is 0 Å². The predicted molar refractivity (Wildman–Crippen MR) is 72.6 cm³/mol. The summed E-state index contributed by atoms with van der Waals surface area (Å²) >= 11 is 0. The number of amides is 1. The molecular weight excluding hydrogens is 278 g/mol. The molecule has 1 heterocycles. The van der Waals surface area contributed by atoms with E-state index in [1.54, 1.807) is 6.92 Å². The summed E-state index contributed by atoms with van der Waals surface area (Å²) in [7, 11) is 0. The highest BCUT2D eigenvalue weighted by atomic mass is 19.1. The van der Waals surface area contributed by atoms with E-state index >= 15 is 0 Å². The van der Waals surface area contributed by atoms with Crippen LogP contribution < -0.4 is 5.32 Å². The van der Waals surface area contributed by atoms with Crippen molar-refractivity contribution in [3.63, 3.8) is 0 Å². The van der Waals surface area contributed by atoms with E-state index < -0.39 is 23.6 Å². The van der Waals surface area contributed by atoms with Crippen molar-refractivity contribution < 1.29 is 13.6 Å². The summed E-state index contributed by atoms with van der Waals surface area (Å²) in [5.41, 5.74) is 0.203. The number of carbonyl (C=O) groups excluding carboxylic acids is 1. The lowest BCUT2D eigenvalue weighted by molar-refractivity contribution is 0.0929. The second-order valence-electron chi connectivity index (χ2n) is 4.72. The zero-order valence-corrected chi connectivity index (χ0v) is 11.8. The molecule has 1 atom stereocenters. The van der Waals surface area contributed by atoms with Gasteiger partial charge in [-0.2, -0.15) is 0 Å². The van der Waals surface area contributed by atoms with Crippen molar-refractivity contribution in [2.75, 3.05) is 0 Å². The number of aromatic nitrogens is 3. The third kappa shape index (κ3) is 3.62.